The lowest BCUT2D eigenvalue weighted by Crippen LogP contribution is -2.49. The topological polar surface area (TPSA) is 46.9 Å². The van der Waals surface area contributed by atoms with Gasteiger partial charge < -0.3 is 10.2 Å². The van der Waals surface area contributed by atoms with Gasteiger partial charge in [-0.25, -0.2) is 0 Å². The summed E-state index contributed by atoms with van der Waals surface area (Å²) in [6.07, 6.45) is -1.27. The molecule has 0 saturated carbocycles. The minimum Gasteiger partial charge on any atom is -0.368 e. The molecule has 0 bridgehead atoms. The van der Waals surface area contributed by atoms with E-state index in [0.717, 1.165) is 11.3 Å². The third-order valence-electron chi connectivity index (χ3n) is 4.87. The molecule has 136 valence electrons. The molecule has 1 saturated heterocycles. The molecule has 27 heavy (non-hydrogen) atoms. The summed E-state index contributed by atoms with van der Waals surface area (Å²) in [7, 11) is 0. The quantitative estimate of drug-likeness (QED) is 0.682. The Morgan fingerprint density at radius 3 is 1.96 bits per heavy atom. The smallest absolute Gasteiger partial charge is 0.217 e. The highest BCUT2D eigenvalue weighted by Crippen LogP contribution is 2.43. The zero-order valence-electron chi connectivity index (χ0n) is 14.9. The fourth-order valence-corrected chi connectivity index (χ4v) is 3.91. The fraction of sp³-hybridized carbons (Fsp3) is 0.136. The first-order valence-corrected chi connectivity index (χ1v) is 9.15. The summed E-state index contributed by atoms with van der Waals surface area (Å²) in [6, 6.07) is 26.2. The van der Waals surface area contributed by atoms with Crippen LogP contribution in [0.5, 0.6) is 0 Å². The van der Waals surface area contributed by atoms with Crippen LogP contribution in [0.2, 0.25) is 0 Å². The van der Waals surface area contributed by atoms with Gasteiger partial charge in [0.1, 0.15) is 0 Å². The van der Waals surface area contributed by atoms with Gasteiger partial charge in [-0.05, 0) is 43.4 Å². The molecule has 0 spiro atoms. The Labute approximate surface area is 163 Å². The van der Waals surface area contributed by atoms with Crippen LogP contribution in [0.4, 0.5) is 11.4 Å². The summed E-state index contributed by atoms with van der Waals surface area (Å²) >= 11 is 5.72. The Morgan fingerprint density at radius 2 is 1.37 bits per heavy atom. The largest absolute Gasteiger partial charge is 0.368 e. The van der Waals surface area contributed by atoms with Crippen molar-refractivity contribution in [1.82, 2.24) is 0 Å². The van der Waals surface area contributed by atoms with Crippen LogP contribution in [0.3, 0.4) is 0 Å². The van der Waals surface area contributed by atoms with Gasteiger partial charge in [0, 0.05) is 16.9 Å². The summed E-state index contributed by atoms with van der Waals surface area (Å²) in [5, 5.41) is 23.3. The van der Waals surface area contributed by atoms with Crippen LogP contribution in [-0.4, -0.2) is 21.6 Å². The fourth-order valence-electron chi connectivity index (χ4n) is 3.46. The molecular weight excluding hydrogens is 356 g/mol. The van der Waals surface area contributed by atoms with Crippen molar-refractivity contribution in [2.45, 2.75) is 18.9 Å². The highest BCUT2D eigenvalue weighted by atomic mass is 32.1. The molecule has 1 aliphatic heterocycles. The van der Waals surface area contributed by atoms with E-state index in [2.05, 4.69) is 0 Å². The van der Waals surface area contributed by atoms with E-state index in [-0.39, 0.29) is 0 Å². The lowest BCUT2D eigenvalue weighted by Gasteiger charge is -2.35. The van der Waals surface area contributed by atoms with Gasteiger partial charge in [-0.2, -0.15) is 0 Å². The molecule has 0 aromatic heterocycles. The third kappa shape index (κ3) is 2.80. The summed E-state index contributed by atoms with van der Waals surface area (Å²) in [6.45, 7) is 2.00. The number of hydrogen-bond donors (Lipinski definition) is 2. The van der Waals surface area contributed by atoms with Crippen LogP contribution in [0, 0.1) is 6.92 Å². The van der Waals surface area contributed by atoms with E-state index >= 15 is 0 Å². The van der Waals surface area contributed by atoms with E-state index in [0.29, 0.717) is 16.4 Å². The van der Waals surface area contributed by atoms with Crippen LogP contribution in [0.25, 0.3) is 0 Å². The molecule has 0 radical (unpaired) electrons. The van der Waals surface area contributed by atoms with Crippen molar-refractivity contribution < 1.29 is 10.2 Å². The number of anilines is 2. The number of aryl methyl sites for hydroxylation is 1. The number of thiocarbonyl (C=S) groups is 1. The predicted molar refractivity (Wildman–Crippen MR) is 112 cm³/mol. The summed E-state index contributed by atoms with van der Waals surface area (Å²) in [5.41, 5.74) is 1.40. The molecule has 1 fully saturated rings. The molecule has 0 amide bonds. The van der Waals surface area contributed by atoms with Crippen LogP contribution >= 0.6 is 12.2 Å². The highest BCUT2D eigenvalue weighted by Gasteiger charge is 2.56. The van der Waals surface area contributed by atoms with Gasteiger partial charge >= 0.3 is 0 Å². The summed E-state index contributed by atoms with van der Waals surface area (Å²) in [4.78, 5) is 3.21. The first-order valence-electron chi connectivity index (χ1n) is 8.74. The second-order valence-corrected chi connectivity index (χ2v) is 6.99. The number of aliphatic hydroxyl groups is 2. The SMILES string of the molecule is Cc1ccc(N2C(=S)N(c3ccccc3)[C@@](O)(c3ccccc3)[C@@H]2O)cc1. The average Bonchev–Trinajstić information content (AvgIpc) is 2.91. The van der Waals surface area contributed by atoms with Crippen molar-refractivity contribution in [2.75, 3.05) is 9.80 Å². The van der Waals surface area contributed by atoms with E-state index < -0.39 is 12.0 Å². The van der Waals surface area contributed by atoms with E-state index in [1.165, 1.54) is 0 Å². The van der Waals surface area contributed by atoms with E-state index in [1.54, 1.807) is 21.9 Å². The molecule has 0 aliphatic carbocycles. The number of nitrogens with zero attached hydrogens (tertiary/aromatic N) is 2. The summed E-state index contributed by atoms with van der Waals surface area (Å²) < 4.78 is 0. The highest BCUT2D eigenvalue weighted by molar-refractivity contribution is 7.80. The van der Waals surface area contributed by atoms with E-state index in [1.807, 2.05) is 79.7 Å². The first kappa shape index (κ1) is 17.7. The maximum absolute atomic E-state index is 11.7. The first-order chi connectivity index (χ1) is 13.0. The lowest BCUT2D eigenvalue weighted by molar-refractivity contribution is -0.0546. The monoisotopic (exact) mass is 376 g/mol. The molecule has 2 atom stereocenters. The van der Waals surface area contributed by atoms with E-state index in [9.17, 15) is 10.2 Å². The van der Waals surface area contributed by atoms with Crippen LogP contribution in [0.15, 0.2) is 84.9 Å². The summed E-state index contributed by atoms with van der Waals surface area (Å²) in [5.74, 6) is 0. The Hall–Kier alpha value is -2.73. The standard InChI is InChI=1S/C22H20N2O2S/c1-16-12-14-18(15-13-16)23-20(25)22(26,17-8-4-2-5-9-17)24(21(23)27)19-10-6-3-7-11-19/h2-15,20,25-26H,1H3/t20-,22+/m0/s1. The number of para-hydroxylation sites is 1. The minimum atomic E-state index is -1.72. The van der Waals surface area contributed by atoms with Gasteiger partial charge in [0.25, 0.3) is 0 Å². The van der Waals surface area contributed by atoms with Crippen LogP contribution < -0.4 is 9.80 Å². The molecule has 1 heterocycles. The van der Waals surface area contributed by atoms with Crippen LogP contribution in [-0.2, 0) is 5.72 Å². The zero-order valence-corrected chi connectivity index (χ0v) is 15.7. The van der Waals surface area contributed by atoms with Gasteiger partial charge in [0.05, 0.1) is 0 Å². The minimum absolute atomic E-state index is 0.337. The normalized spacial score (nSPS) is 22.3. The van der Waals surface area contributed by atoms with Gasteiger partial charge in [0.2, 0.25) is 5.72 Å². The van der Waals surface area contributed by atoms with Crippen molar-refractivity contribution in [2.24, 2.45) is 0 Å². The Bertz CT molecular complexity index is 947. The molecule has 1 aliphatic rings. The van der Waals surface area contributed by atoms with Crippen molar-refractivity contribution in [3.63, 3.8) is 0 Å². The molecule has 4 rings (SSSR count). The van der Waals surface area contributed by atoms with Crippen molar-refractivity contribution in [3.05, 3.63) is 96.1 Å². The van der Waals surface area contributed by atoms with Gasteiger partial charge in [-0.1, -0.05) is 66.2 Å². The average molecular weight is 376 g/mol. The molecule has 0 unspecified atom stereocenters. The lowest BCUT2D eigenvalue weighted by atomic mass is 9.99. The molecule has 3 aromatic carbocycles. The second-order valence-electron chi connectivity index (χ2n) is 6.62. The van der Waals surface area contributed by atoms with Crippen LogP contribution in [0.1, 0.15) is 11.1 Å². The number of rotatable bonds is 3. The molecule has 4 nitrogen and oxygen atoms in total. The number of benzene rings is 3. The van der Waals surface area contributed by atoms with Gasteiger partial charge in [-0.3, -0.25) is 9.80 Å². The van der Waals surface area contributed by atoms with Crippen molar-refractivity contribution >= 4 is 28.7 Å². The Balaban J connectivity index is 1.89. The Morgan fingerprint density at radius 1 is 0.815 bits per heavy atom. The maximum atomic E-state index is 11.7. The van der Waals surface area contributed by atoms with Gasteiger partial charge in [-0.15, -0.1) is 0 Å². The molecule has 2 N–H and O–H groups in total. The van der Waals surface area contributed by atoms with Crippen molar-refractivity contribution in [1.29, 1.82) is 0 Å². The molecule has 3 aromatic rings. The molecule has 5 heteroatoms. The number of aliphatic hydroxyl groups excluding tert-OH is 1. The number of hydrogen-bond acceptors (Lipinski definition) is 3. The molecular formula is C22H20N2O2S. The zero-order chi connectivity index (χ0) is 19.0. The van der Waals surface area contributed by atoms with Gasteiger partial charge in [0.15, 0.2) is 11.3 Å². The second kappa shape index (κ2) is 6.78. The predicted octanol–water partition coefficient (Wildman–Crippen LogP) is 3.77. The van der Waals surface area contributed by atoms with E-state index in [4.69, 9.17) is 12.2 Å². The third-order valence-corrected chi connectivity index (χ3v) is 5.25. The maximum Gasteiger partial charge on any atom is 0.217 e. The Kier molecular flexibility index (Phi) is 4.44. The van der Waals surface area contributed by atoms with Crippen molar-refractivity contribution in [3.8, 4) is 0 Å².